The average Bonchev–Trinajstić information content (AvgIpc) is 3.57. The fourth-order valence-electron chi connectivity index (χ4n) is 7.84. The van der Waals surface area contributed by atoms with Crippen molar-refractivity contribution in [1.29, 1.82) is 0 Å². The highest BCUT2D eigenvalue weighted by Gasteiger charge is 2.25. The predicted molar refractivity (Wildman–Crippen MR) is 239 cm³/mol. The Morgan fingerprint density at radius 1 is 0.368 bits per heavy atom. The van der Waals surface area contributed by atoms with Crippen molar-refractivity contribution < 1.29 is 0 Å². The molecule has 0 aliphatic rings. The van der Waals surface area contributed by atoms with Crippen LogP contribution in [0.25, 0.3) is 83.9 Å². The zero-order valence-electron chi connectivity index (χ0n) is 33.5. The lowest BCUT2D eigenvalue weighted by Crippen LogP contribution is -2.10. The van der Waals surface area contributed by atoms with Crippen LogP contribution in [-0.2, 0) is 10.8 Å². The second kappa shape index (κ2) is 14.1. The molecule has 278 valence electrons. The first-order chi connectivity index (χ1) is 27.5. The summed E-state index contributed by atoms with van der Waals surface area (Å²) in [5.74, 6) is 1.89. The highest BCUT2D eigenvalue weighted by Crippen LogP contribution is 2.44. The molecule has 9 aromatic rings. The van der Waals surface area contributed by atoms with Crippen molar-refractivity contribution in [3.63, 3.8) is 0 Å². The lowest BCUT2D eigenvalue weighted by atomic mass is 9.85. The van der Waals surface area contributed by atoms with Gasteiger partial charge in [0.1, 0.15) is 0 Å². The number of benzene rings is 7. The maximum Gasteiger partial charge on any atom is 0.165 e. The molecule has 0 saturated carbocycles. The minimum Gasteiger partial charge on any atom is -0.309 e. The molecule has 0 saturated heterocycles. The van der Waals surface area contributed by atoms with Gasteiger partial charge in [-0.1, -0.05) is 175 Å². The van der Waals surface area contributed by atoms with Crippen molar-refractivity contribution in [2.24, 2.45) is 0 Å². The summed E-state index contributed by atoms with van der Waals surface area (Å²) in [5, 5.41) is 2.51. The molecule has 9 rings (SSSR count). The first kappa shape index (κ1) is 36.0. The Hall–Kier alpha value is -6.65. The van der Waals surface area contributed by atoms with Gasteiger partial charge in [0.05, 0.1) is 11.0 Å². The second-order valence-corrected chi connectivity index (χ2v) is 17.0. The number of aromatic nitrogens is 4. The van der Waals surface area contributed by atoms with Crippen molar-refractivity contribution in [3.05, 3.63) is 181 Å². The molecule has 0 fully saturated rings. The van der Waals surface area contributed by atoms with Gasteiger partial charge < -0.3 is 4.57 Å². The molecule has 2 heterocycles. The number of fused-ring (bicyclic) bond motifs is 3. The van der Waals surface area contributed by atoms with Crippen molar-refractivity contribution in [3.8, 4) is 62.1 Å². The van der Waals surface area contributed by atoms with E-state index in [-0.39, 0.29) is 10.8 Å². The maximum atomic E-state index is 5.30. The van der Waals surface area contributed by atoms with Gasteiger partial charge in [-0.2, -0.15) is 0 Å². The molecule has 0 unspecified atom stereocenters. The van der Waals surface area contributed by atoms with Gasteiger partial charge in [0.15, 0.2) is 17.5 Å². The van der Waals surface area contributed by atoms with Crippen LogP contribution in [-0.4, -0.2) is 19.5 Å². The maximum absolute atomic E-state index is 5.30. The Kier molecular flexibility index (Phi) is 8.93. The van der Waals surface area contributed by atoms with E-state index in [0.717, 1.165) is 44.6 Å². The molecule has 7 aromatic carbocycles. The number of rotatable bonds is 6. The zero-order chi connectivity index (χ0) is 39.3. The second-order valence-electron chi connectivity index (χ2n) is 17.0. The van der Waals surface area contributed by atoms with E-state index in [1.54, 1.807) is 0 Å². The Morgan fingerprint density at radius 3 is 1.09 bits per heavy atom. The average molecular weight is 739 g/mol. The molecule has 0 aliphatic heterocycles. The molecule has 0 amide bonds. The molecule has 2 aromatic heterocycles. The van der Waals surface area contributed by atoms with Crippen molar-refractivity contribution in [1.82, 2.24) is 19.5 Å². The van der Waals surface area contributed by atoms with E-state index in [1.807, 2.05) is 36.4 Å². The predicted octanol–water partition coefficient (Wildman–Crippen LogP) is 13.9. The summed E-state index contributed by atoms with van der Waals surface area (Å²) in [6.07, 6.45) is 0. The molecular formula is C53H46N4. The van der Waals surface area contributed by atoms with E-state index in [2.05, 4.69) is 180 Å². The van der Waals surface area contributed by atoms with E-state index >= 15 is 0 Å². The Labute approximate surface area is 335 Å². The molecule has 4 heteroatoms. The third-order valence-electron chi connectivity index (χ3n) is 11.0. The molecule has 0 bridgehead atoms. The highest BCUT2D eigenvalue weighted by molar-refractivity contribution is 6.10. The number of hydrogen-bond donors (Lipinski definition) is 0. The van der Waals surface area contributed by atoms with Gasteiger partial charge in [-0.05, 0) is 80.6 Å². The largest absolute Gasteiger partial charge is 0.309 e. The van der Waals surface area contributed by atoms with Gasteiger partial charge in [-0.25, -0.2) is 15.0 Å². The summed E-state index contributed by atoms with van der Waals surface area (Å²) >= 11 is 0. The quantitative estimate of drug-likeness (QED) is 0.171. The van der Waals surface area contributed by atoms with Crippen LogP contribution < -0.4 is 0 Å². The van der Waals surface area contributed by atoms with Gasteiger partial charge in [-0.15, -0.1) is 0 Å². The lowest BCUT2D eigenvalue weighted by Gasteiger charge is -2.21. The summed E-state index contributed by atoms with van der Waals surface area (Å²) in [5.41, 5.74) is 13.2. The van der Waals surface area contributed by atoms with Crippen molar-refractivity contribution in [2.45, 2.75) is 52.4 Å². The first-order valence-electron chi connectivity index (χ1n) is 19.8. The molecule has 0 spiro atoms. The summed E-state index contributed by atoms with van der Waals surface area (Å²) in [7, 11) is 0. The minimum absolute atomic E-state index is 0.00854. The number of nitrogens with zero attached hydrogens (tertiary/aromatic N) is 4. The van der Waals surface area contributed by atoms with Crippen LogP contribution in [0, 0.1) is 0 Å². The van der Waals surface area contributed by atoms with Gasteiger partial charge in [0.2, 0.25) is 0 Å². The monoisotopic (exact) mass is 738 g/mol. The summed E-state index contributed by atoms with van der Waals surface area (Å²) in [6.45, 7) is 13.7. The molecule has 0 N–H and O–H groups in total. The van der Waals surface area contributed by atoms with Crippen molar-refractivity contribution >= 4 is 21.8 Å². The molecule has 0 radical (unpaired) electrons. The standard InChI is InChI=1S/C53H46N4/c1-52(2,3)39-27-29-46-44(31-39)45-32-40(53(4,5)6)28-30-47(45)57(46)41-33-42(35-19-11-7-12-20-35)48(43(34-41)36-21-13-8-14-22-36)51-55-49(37-23-15-9-16-24-37)54-50(56-51)38-25-17-10-18-26-38/h7-34H,1-6H3. The van der Waals surface area contributed by atoms with Crippen LogP contribution in [0.3, 0.4) is 0 Å². The Bertz CT molecular complexity index is 2690. The zero-order valence-corrected chi connectivity index (χ0v) is 33.5. The van der Waals surface area contributed by atoms with Crippen LogP contribution in [0.2, 0.25) is 0 Å². The third-order valence-corrected chi connectivity index (χ3v) is 11.0. The number of hydrogen-bond acceptors (Lipinski definition) is 3. The Balaban J connectivity index is 1.40. The van der Waals surface area contributed by atoms with Gasteiger partial charge in [0.25, 0.3) is 0 Å². The van der Waals surface area contributed by atoms with E-state index in [0.29, 0.717) is 17.5 Å². The third kappa shape index (κ3) is 6.82. The van der Waals surface area contributed by atoms with Crippen LogP contribution in [0.1, 0.15) is 52.7 Å². The fourth-order valence-corrected chi connectivity index (χ4v) is 7.84. The molecule has 0 aliphatic carbocycles. The van der Waals surface area contributed by atoms with Crippen LogP contribution in [0.5, 0.6) is 0 Å². The normalized spacial score (nSPS) is 12.0. The van der Waals surface area contributed by atoms with E-state index in [4.69, 9.17) is 15.0 Å². The van der Waals surface area contributed by atoms with Crippen molar-refractivity contribution in [2.75, 3.05) is 0 Å². The summed E-state index contributed by atoms with van der Waals surface area (Å²) in [6, 6.07) is 60.4. The van der Waals surface area contributed by atoms with E-state index in [9.17, 15) is 0 Å². The molecule has 57 heavy (non-hydrogen) atoms. The van der Waals surface area contributed by atoms with Crippen LogP contribution >= 0.6 is 0 Å². The van der Waals surface area contributed by atoms with E-state index in [1.165, 1.54) is 32.9 Å². The Morgan fingerprint density at radius 2 is 0.719 bits per heavy atom. The summed E-state index contributed by atoms with van der Waals surface area (Å²) < 4.78 is 2.45. The van der Waals surface area contributed by atoms with Crippen LogP contribution in [0.4, 0.5) is 0 Å². The molecular weight excluding hydrogens is 693 g/mol. The van der Waals surface area contributed by atoms with Gasteiger partial charge in [0, 0.05) is 33.2 Å². The fraction of sp³-hybridized carbons (Fsp3) is 0.151. The van der Waals surface area contributed by atoms with Gasteiger partial charge in [-0.3, -0.25) is 0 Å². The van der Waals surface area contributed by atoms with Gasteiger partial charge >= 0.3 is 0 Å². The highest BCUT2D eigenvalue weighted by atomic mass is 15.0. The SMILES string of the molecule is CC(C)(C)c1ccc2c(c1)c1cc(C(C)(C)C)ccc1n2-c1cc(-c2ccccc2)c(-c2nc(-c3ccccc3)nc(-c3ccccc3)n2)c(-c2ccccc2)c1. The molecule has 4 nitrogen and oxygen atoms in total. The lowest BCUT2D eigenvalue weighted by molar-refractivity contribution is 0.590. The topological polar surface area (TPSA) is 43.6 Å². The van der Waals surface area contributed by atoms with Crippen LogP contribution in [0.15, 0.2) is 170 Å². The smallest absolute Gasteiger partial charge is 0.165 e. The molecule has 0 atom stereocenters. The first-order valence-corrected chi connectivity index (χ1v) is 19.8. The summed E-state index contributed by atoms with van der Waals surface area (Å²) in [4.78, 5) is 15.7. The van der Waals surface area contributed by atoms with E-state index < -0.39 is 0 Å². The minimum atomic E-state index is 0.00854.